The van der Waals surface area contributed by atoms with E-state index in [2.05, 4.69) is 11.4 Å². The maximum Gasteiger partial charge on any atom is 0.231 e. The van der Waals surface area contributed by atoms with Crippen molar-refractivity contribution in [2.75, 3.05) is 13.8 Å². The predicted octanol–water partition coefficient (Wildman–Crippen LogP) is 2.23. The molecule has 0 saturated carbocycles. The Morgan fingerprint density at radius 1 is 1.35 bits per heavy atom. The van der Waals surface area contributed by atoms with Crippen molar-refractivity contribution in [1.82, 2.24) is 5.32 Å². The largest absolute Gasteiger partial charge is 0.454 e. The van der Waals surface area contributed by atoms with Gasteiger partial charge in [0.05, 0.1) is 17.5 Å². The number of ether oxygens (including phenoxy) is 2. The molecule has 0 bridgehead atoms. The zero-order valence-corrected chi connectivity index (χ0v) is 10.3. The maximum absolute atomic E-state index is 9.20. The van der Waals surface area contributed by atoms with E-state index in [-0.39, 0.29) is 12.8 Å². The fourth-order valence-electron chi connectivity index (χ4n) is 2.10. The molecule has 2 rings (SSSR count). The summed E-state index contributed by atoms with van der Waals surface area (Å²) in [6, 6.07) is 8.07. The molecule has 0 radical (unpaired) electrons. The molecule has 1 aromatic carbocycles. The van der Waals surface area contributed by atoms with Gasteiger partial charge >= 0.3 is 0 Å². The van der Waals surface area contributed by atoms with Crippen LogP contribution >= 0.6 is 0 Å². The fourth-order valence-corrected chi connectivity index (χ4v) is 2.10. The molecule has 90 valence electrons. The minimum Gasteiger partial charge on any atom is -0.454 e. The van der Waals surface area contributed by atoms with Crippen LogP contribution in [0, 0.1) is 16.7 Å². The van der Waals surface area contributed by atoms with Gasteiger partial charge in [-0.3, -0.25) is 0 Å². The van der Waals surface area contributed by atoms with Gasteiger partial charge in [0, 0.05) is 0 Å². The lowest BCUT2D eigenvalue weighted by atomic mass is 9.82. The molecule has 1 N–H and O–H groups in total. The smallest absolute Gasteiger partial charge is 0.231 e. The van der Waals surface area contributed by atoms with Crippen LogP contribution in [0.15, 0.2) is 18.2 Å². The molecule has 4 nitrogen and oxygen atoms in total. The second-order valence-electron chi connectivity index (χ2n) is 4.67. The Hall–Kier alpha value is -1.73. The first-order valence-electron chi connectivity index (χ1n) is 5.56. The zero-order chi connectivity index (χ0) is 12.5. The highest BCUT2D eigenvalue weighted by atomic mass is 16.7. The van der Waals surface area contributed by atoms with E-state index in [1.54, 1.807) is 0 Å². The van der Waals surface area contributed by atoms with E-state index < -0.39 is 5.41 Å². The lowest BCUT2D eigenvalue weighted by molar-refractivity contribution is 0.174. The summed E-state index contributed by atoms with van der Waals surface area (Å²) in [5.41, 5.74) is 0.547. The molecule has 1 aliphatic heterocycles. The molecule has 1 aromatic rings. The van der Waals surface area contributed by atoms with Crippen LogP contribution in [0.25, 0.3) is 0 Å². The Labute approximate surface area is 101 Å². The highest BCUT2D eigenvalue weighted by Crippen LogP contribution is 2.38. The Balaban J connectivity index is 2.36. The van der Waals surface area contributed by atoms with Gasteiger partial charge in [-0.25, -0.2) is 0 Å². The SMILES string of the molecule is CNC(c1ccc2c(c1)OCO2)C(C)(C)C#N. The average molecular weight is 232 g/mol. The Kier molecular flexibility index (Phi) is 2.95. The van der Waals surface area contributed by atoms with Crippen molar-refractivity contribution in [3.05, 3.63) is 23.8 Å². The van der Waals surface area contributed by atoms with Gasteiger partial charge in [0.15, 0.2) is 11.5 Å². The molecule has 4 heteroatoms. The van der Waals surface area contributed by atoms with E-state index in [9.17, 15) is 5.26 Å². The van der Waals surface area contributed by atoms with Gasteiger partial charge < -0.3 is 14.8 Å². The summed E-state index contributed by atoms with van der Waals surface area (Å²) in [7, 11) is 1.86. The minimum atomic E-state index is -0.484. The van der Waals surface area contributed by atoms with Crippen molar-refractivity contribution >= 4 is 0 Å². The van der Waals surface area contributed by atoms with Crippen LogP contribution in [0.5, 0.6) is 11.5 Å². The monoisotopic (exact) mass is 232 g/mol. The van der Waals surface area contributed by atoms with Gasteiger partial charge in [0.25, 0.3) is 0 Å². The lowest BCUT2D eigenvalue weighted by Crippen LogP contribution is -2.30. The van der Waals surface area contributed by atoms with Crippen molar-refractivity contribution in [3.8, 4) is 17.6 Å². The van der Waals surface area contributed by atoms with Gasteiger partial charge in [-0.15, -0.1) is 0 Å². The standard InChI is InChI=1S/C13H16N2O2/c1-13(2,7-14)12(15-3)9-4-5-10-11(6-9)17-8-16-10/h4-6,12,15H,8H2,1-3H3. The molecule has 1 atom stereocenters. The summed E-state index contributed by atoms with van der Waals surface area (Å²) in [5, 5.41) is 12.4. The average Bonchev–Trinajstić information content (AvgIpc) is 2.77. The first-order chi connectivity index (χ1) is 8.08. The van der Waals surface area contributed by atoms with E-state index in [0.717, 1.165) is 17.1 Å². The number of hydrogen-bond acceptors (Lipinski definition) is 4. The van der Waals surface area contributed by atoms with Gasteiger partial charge in [0.2, 0.25) is 6.79 Å². The maximum atomic E-state index is 9.20. The summed E-state index contributed by atoms with van der Waals surface area (Å²) in [4.78, 5) is 0. The number of nitrogens with one attached hydrogen (secondary N) is 1. The third-order valence-corrected chi connectivity index (χ3v) is 3.03. The zero-order valence-electron chi connectivity index (χ0n) is 10.3. The molecule has 1 heterocycles. The molecule has 0 aromatic heterocycles. The van der Waals surface area contributed by atoms with Crippen LogP contribution in [-0.4, -0.2) is 13.8 Å². The van der Waals surface area contributed by atoms with Gasteiger partial charge in [-0.05, 0) is 38.6 Å². The van der Waals surface area contributed by atoms with Crippen molar-refractivity contribution in [2.24, 2.45) is 5.41 Å². The van der Waals surface area contributed by atoms with E-state index in [1.807, 2.05) is 39.1 Å². The van der Waals surface area contributed by atoms with Gasteiger partial charge in [-0.2, -0.15) is 5.26 Å². The van der Waals surface area contributed by atoms with E-state index in [4.69, 9.17) is 9.47 Å². The summed E-state index contributed by atoms with van der Waals surface area (Å²) in [5.74, 6) is 1.51. The van der Waals surface area contributed by atoms with Crippen LogP contribution in [0.2, 0.25) is 0 Å². The Bertz CT molecular complexity index is 463. The molecular weight excluding hydrogens is 216 g/mol. The van der Waals surface area contributed by atoms with Crippen molar-refractivity contribution in [1.29, 1.82) is 5.26 Å². The van der Waals surface area contributed by atoms with Crippen molar-refractivity contribution in [3.63, 3.8) is 0 Å². The van der Waals surface area contributed by atoms with Crippen molar-refractivity contribution in [2.45, 2.75) is 19.9 Å². The van der Waals surface area contributed by atoms with Crippen LogP contribution in [-0.2, 0) is 0 Å². The van der Waals surface area contributed by atoms with Crippen molar-refractivity contribution < 1.29 is 9.47 Å². The molecule has 0 saturated heterocycles. The number of fused-ring (bicyclic) bond motifs is 1. The molecule has 17 heavy (non-hydrogen) atoms. The summed E-state index contributed by atoms with van der Waals surface area (Å²) in [6.45, 7) is 4.10. The lowest BCUT2D eigenvalue weighted by Gasteiger charge is -2.28. The summed E-state index contributed by atoms with van der Waals surface area (Å²) < 4.78 is 10.6. The highest BCUT2D eigenvalue weighted by Gasteiger charge is 2.30. The Morgan fingerprint density at radius 2 is 2.06 bits per heavy atom. The molecule has 1 aliphatic rings. The van der Waals surface area contributed by atoms with E-state index >= 15 is 0 Å². The molecule has 0 fully saturated rings. The van der Waals surface area contributed by atoms with Crippen LogP contribution in [0.3, 0.4) is 0 Å². The number of hydrogen-bond donors (Lipinski definition) is 1. The van der Waals surface area contributed by atoms with Crippen LogP contribution < -0.4 is 14.8 Å². The molecule has 0 amide bonds. The molecule has 1 unspecified atom stereocenters. The van der Waals surface area contributed by atoms with Gasteiger partial charge in [0.1, 0.15) is 0 Å². The number of benzene rings is 1. The first kappa shape index (κ1) is 11.7. The number of rotatable bonds is 3. The fraction of sp³-hybridized carbons (Fsp3) is 0.462. The second kappa shape index (κ2) is 4.27. The van der Waals surface area contributed by atoms with E-state index in [1.165, 1.54) is 0 Å². The highest BCUT2D eigenvalue weighted by molar-refractivity contribution is 5.45. The van der Waals surface area contributed by atoms with Gasteiger partial charge in [-0.1, -0.05) is 6.07 Å². The third-order valence-electron chi connectivity index (χ3n) is 3.03. The predicted molar refractivity (Wildman–Crippen MR) is 63.8 cm³/mol. The topological polar surface area (TPSA) is 54.3 Å². The molecule has 0 aliphatic carbocycles. The summed E-state index contributed by atoms with van der Waals surface area (Å²) in [6.07, 6.45) is 0. The third kappa shape index (κ3) is 2.06. The number of nitrogens with zero attached hydrogens (tertiary/aromatic N) is 1. The summed E-state index contributed by atoms with van der Waals surface area (Å²) >= 11 is 0. The Morgan fingerprint density at radius 3 is 2.71 bits per heavy atom. The number of nitriles is 1. The normalized spacial score (nSPS) is 15.4. The van der Waals surface area contributed by atoms with Crippen LogP contribution in [0.1, 0.15) is 25.5 Å². The molecule has 0 spiro atoms. The van der Waals surface area contributed by atoms with Crippen LogP contribution in [0.4, 0.5) is 0 Å². The first-order valence-corrected chi connectivity index (χ1v) is 5.56. The molecular formula is C13H16N2O2. The second-order valence-corrected chi connectivity index (χ2v) is 4.67. The minimum absolute atomic E-state index is 0.0398. The van der Waals surface area contributed by atoms with E-state index in [0.29, 0.717) is 0 Å². The quantitative estimate of drug-likeness (QED) is 0.868.